The fraction of sp³-hybridized carbons (Fsp3) is 0.467. The average Bonchev–Trinajstić information content (AvgIpc) is 2.41. The largest absolute Gasteiger partial charge is 0.378 e. The number of rotatable bonds is 7. The van der Waals surface area contributed by atoms with Gasteiger partial charge in [-0.15, -0.1) is 0 Å². The van der Waals surface area contributed by atoms with Crippen molar-refractivity contribution in [2.45, 2.75) is 19.8 Å². The van der Waals surface area contributed by atoms with E-state index in [1.807, 2.05) is 43.3 Å². The van der Waals surface area contributed by atoms with E-state index >= 15 is 0 Å². The third-order valence-corrected chi connectivity index (χ3v) is 2.91. The van der Waals surface area contributed by atoms with Crippen molar-refractivity contribution in [3.63, 3.8) is 0 Å². The first-order valence-electron chi connectivity index (χ1n) is 6.76. The summed E-state index contributed by atoms with van der Waals surface area (Å²) in [5.74, 6) is -0.0766. The summed E-state index contributed by atoms with van der Waals surface area (Å²) >= 11 is 0. The Morgan fingerprint density at radius 2 is 1.65 bits per heavy atom. The predicted octanol–water partition coefficient (Wildman–Crippen LogP) is 0.937. The molecule has 1 aromatic rings. The van der Waals surface area contributed by atoms with Crippen molar-refractivity contribution >= 4 is 17.5 Å². The maximum Gasteiger partial charge on any atom is 0.220 e. The van der Waals surface area contributed by atoms with Crippen LogP contribution in [0.1, 0.15) is 18.9 Å². The minimum absolute atomic E-state index is 0.00652. The number of hydrogen-bond donors (Lipinski definition) is 2. The number of nitrogens with one attached hydrogen (secondary N) is 2. The van der Waals surface area contributed by atoms with Crippen LogP contribution >= 0.6 is 0 Å². The summed E-state index contributed by atoms with van der Waals surface area (Å²) in [6.45, 7) is 2.40. The van der Waals surface area contributed by atoms with Gasteiger partial charge in [-0.05, 0) is 24.1 Å². The van der Waals surface area contributed by atoms with Gasteiger partial charge in [-0.1, -0.05) is 12.1 Å². The van der Waals surface area contributed by atoms with Crippen molar-refractivity contribution in [2.75, 3.05) is 32.1 Å². The van der Waals surface area contributed by atoms with E-state index in [1.54, 1.807) is 0 Å². The van der Waals surface area contributed by atoms with Gasteiger partial charge in [0.1, 0.15) is 0 Å². The Morgan fingerprint density at radius 1 is 1.05 bits per heavy atom. The molecular formula is C15H23N3O2. The van der Waals surface area contributed by atoms with E-state index in [4.69, 9.17) is 0 Å². The first kappa shape index (κ1) is 16.0. The minimum atomic E-state index is -0.0831. The Kier molecular flexibility index (Phi) is 6.56. The van der Waals surface area contributed by atoms with Gasteiger partial charge in [0, 0.05) is 46.2 Å². The summed E-state index contributed by atoms with van der Waals surface area (Å²) in [7, 11) is 4.00. The highest BCUT2D eigenvalue weighted by atomic mass is 16.2. The van der Waals surface area contributed by atoms with E-state index in [9.17, 15) is 9.59 Å². The monoisotopic (exact) mass is 277 g/mol. The summed E-state index contributed by atoms with van der Waals surface area (Å²) in [4.78, 5) is 24.3. The van der Waals surface area contributed by atoms with Gasteiger partial charge in [-0.25, -0.2) is 0 Å². The van der Waals surface area contributed by atoms with Gasteiger partial charge in [0.2, 0.25) is 11.8 Å². The van der Waals surface area contributed by atoms with Crippen LogP contribution in [0, 0.1) is 0 Å². The number of carbonyl (C=O) groups is 2. The SMILES string of the molecule is CC(=O)NCCNC(=O)CCc1ccc(N(C)C)cc1. The van der Waals surface area contributed by atoms with Crippen LogP contribution in [0.15, 0.2) is 24.3 Å². The summed E-state index contributed by atoms with van der Waals surface area (Å²) in [6, 6.07) is 8.17. The maximum absolute atomic E-state index is 11.6. The van der Waals surface area contributed by atoms with Crippen LogP contribution in [-0.4, -0.2) is 39.0 Å². The predicted molar refractivity (Wildman–Crippen MR) is 80.8 cm³/mol. The zero-order valence-corrected chi connectivity index (χ0v) is 12.4. The van der Waals surface area contributed by atoms with Crippen molar-refractivity contribution < 1.29 is 9.59 Å². The lowest BCUT2D eigenvalue weighted by Crippen LogP contribution is -2.33. The number of carbonyl (C=O) groups excluding carboxylic acids is 2. The molecule has 0 aromatic heterocycles. The van der Waals surface area contributed by atoms with Crippen molar-refractivity contribution in [1.82, 2.24) is 10.6 Å². The molecule has 0 radical (unpaired) electrons. The molecule has 0 aliphatic rings. The van der Waals surface area contributed by atoms with E-state index in [-0.39, 0.29) is 11.8 Å². The molecule has 0 atom stereocenters. The third kappa shape index (κ3) is 6.22. The normalized spacial score (nSPS) is 9.95. The van der Waals surface area contributed by atoms with Crippen LogP contribution < -0.4 is 15.5 Å². The van der Waals surface area contributed by atoms with Crippen molar-refractivity contribution in [3.05, 3.63) is 29.8 Å². The van der Waals surface area contributed by atoms with Gasteiger partial charge in [0.15, 0.2) is 0 Å². The topological polar surface area (TPSA) is 61.4 Å². The van der Waals surface area contributed by atoms with E-state index < -0.39 is 0 Å². The second kappa shape index (κ2) is 8.19. The molecular weight excluding hydrogens is 254 g/mol. The molecule has 2 amide bonds. The zero-order chi connectivity index (χ0) is 15.0. The Morgan fingerprint density at radius 3 is 2.20 bits per heavy atom. The van der Waals surface area contributed by atoms with Crippen LogP contribution in [0.25, 0.3) is 0 Å². The molecule has 0 heterocycles. The quantitative estimate of drug-likeness (QED) is 0.729. The second-order valence-electron chi connectivity index (χ2n) is 4.89. The summed E-state index contributed by atoms with van der Waals surface area (Å²) in [5, 5.41) is 5.41. The van der Waals surface area contributed by atoms with Crippen LogP contribution in [0.3, 0.4) is 0 Å². The number of nitrogens with zero attached hydrogens (tertiary/aromatic N) is 1. The number of amides is 2. The second-order valence-corrected chi connectivity index (χ2v) is 4.89. The van der Waals surface area contributed by atoms with Gasteiger partial charge in [0.25, 0.3) is 0 Å². The fourth-order valence-corrected chi connectivity index (χ4v) is 1.75. The van der Waals surface area contributed by atoms with Crippen molar-refractivity contribution in [3.8, 4) is 0 Å². The van der Waals surface area contributed by atoms with Gasteiger partial charge in [-0.2, -0.15) is 0 Å². The van der Waals surface area contributed by atoms with Gasteiger partial charge in [-0.3, -0.25) is 9.59 Å². The summed E-state index contributed by atoms with van der Waals surface area (Å²) < 4.78 is 0. The molecule has 0 aliphatic carbocycles. The molecule has 110 valence electrons. The highest BCUT2D eigenvalue weighted by Gasteiger charge is 2.02. The molecule has 1 rings (SSSR count). The molecule has 5 heteroatoms. The number of anilines is 1. The number of hydrogen-bond acceptors (Lipinski definition) is 3. The Balaban J connectivity index is 2.25. The van der Waals surface area contributed by atoms with Crippen molar-refractivity contribution in [2.24, 2.45) is 0 Å². The number of aryl methyl sites for hydroxylation is 1. The first-order chi connectivity index (χ1) is 9.49. The van der Waals surface area contributed by atoms with Gasteiger partial charge >= 0.3 is 0 Å². The molecule has 0 spiro atoms. The minimum Gasteiger partial charge on any atom is -0.378 e. The molecule has 0 bridgehead atoms. The summed E-state index contributed by atoms with van der Waals surface area (Å²) in [6.07, 6.45) is 1.18. The van der Waals surface area contributed by atoms with E-state index in [2.05, 4.69) is 10.6 Å². The Bertz CT molecular complexity index is 441. The Labute approximate surface area is 120 Å². The molecule has 0 fully saturated rings. The lowest BCUT2D eigenvalue weighted by molar-refractivity contribution is -0.122. The third-order valence-electron chi connectivity index (χ3n) is 2.91. The van der Waals surface area contributed by atoms with Crippen LogP contribution in [0.5, 0.6) is 0 Å². The highest BCUT2D eigenvalue weighted by molar-refractivity contribution is 5.76. The first-order valence-corrected chi connectivity index (χ1v) is 6.76. The van der Waals surface area contributed by atoms with E-state index in [0.717, 1.165) is 17.7 Å². The number of benzene rings is 1. The lowest BCUT2D eigenvalue weighted by Gasteiger charge is -2.12. The lowest BCUT2D eigenvalue weighted by atomic mass is 10.1. The smallest absolute Gasteiger partial charge is 0.220 e. The highest BCUT2D eigenvalue weighted by Crippen LogP contribution is 2.13. The van der Waals surface area contributed by atoms with Gasteiger partial charge in [0.05, 0.1) is 0 Å². The molecule has 1 aromatic carbocycles. The fourth-order valence-electron chi connectivity index (χ4n) is 1.75. The summed E-state index contributed by atoms with van der Waals surface area (Å²) in [5.41, 5.74) is 2.29. The molecule has 0 saturated carbocycles. The molecule has 2 N–H and O–H groups in total. The zero-order valence-electron chi connectivity index (χ0n) is 12.4. The van der Waals surface area contributed by atoms with Crippen LogP contribution in [0.2, 0.25) is 0 Å². The molecule has 20 heavy (non-hydrogen) atoms. The average molecular weight is 277 g/mol. The molecule has 5 nitrogen and oxygen atoms in total. The maximum atomic E-state index is 11.6. The van der Waals surface area contributed by atoms with Crippen LogP contribution in [0.4, 0.5) is 5.69 Å². The molecule has 0 unspecified atom stereocenters. The van der Waals surface area contributed by atoms with Crippen LogP contribution in [-0.2, 0) is 16.0 Å². The standard InChI is InChI=1S/C15H23N3O2/c1-12(19)16-10-11-17-15(20)9-6-13-4-7-14(8-5-13)18(2)3/h4-5,7-8H,6,9-11H2,1-3H3,(H,16,19)(H,17,20). The van der Waals surface area contributed by atoms with Gasteiger partial charge < -0.3 is 15.5 Å². The molecule has 0 aliphatic heterocycles. The molecule has 0 saturated heterocycles. The van der Waals surface area contributed by atoms with E-state index in [1.165, 1.54) is 6.92 Å². The van der Waals surface area contributed by atoms with Crippen molar-refractivity contribution in [1.29, 1.82) is 0 Å². The Hall–Kier alpha value is -2.04. The van der Waals surface area contributed by atoms with E-state index in [0.29, 0.717) is 19.5 Å².